The summed E-state index contributed by atoms with van der Waals surface area (Å²) in [5.41, 5.74) is -1.87. The molecule has 0 amide bonds. The van der Waals surface area contributed by atoms with Crippen molar-refractivity contribution < 1.29 is 54.0 Å². The van der Waals surface area contributed by atoms with Crippen LogP contribution in [0.3, 0.4) is 0 Å². The van der Waals surface area contributed by atoms with Crippen LogP contribution in [0.1, 0.15) is 100 Å². The zero-order valence-corrected chi connectivity index (χ0v) is 29.8. The van der Waals surface area contributed by atoms with E-state index in [9.17, 15) is 30.3 Å². The fraction of sp³-hybridized carbons (Fsp3) is 0.973. The molecular weight excluding hydrogens is 620 g/mol. The molecule has 8 rings (SSSR count). The van der Waals surface area contributed by atoms with Crippen LogP contribution >= 0.6 is 0 Å². The standard InChI is InChI=1S/C37H58O11/c1-17-25-20(47-37(43)28(17)48-32(5,6)30(37)42)13-33(7)22-10-9-21-31(3,4)23(46-29-27(41)26(40)19(39)15-44-29)11-12-35(21)16-36(22,35)14-24(34(25,33)8)45-18(2)38/h17,19-30,39-43H,9-16H2,1-8H3/t17-,19+,20-,21?,22?,23-,24+,25-,26-,27+,28?,29-,30+,33-,34+,35+,36-,37-/m0/s1. The first-order chi connectivity index (χ1) is 22.2. The number of aliphatic hydroxyl groups excluding tert-OH is 4. The van der Waals surface area contributed by atoms with Gasteiger partial charge in [0.15, 0.2) is 6.29 Å². The van der Waals surface area contributed by atoms with Crippen molar-refractivity contribution in [1.82, 2.24) is 0 Å². The summed E-state index contributed by atoms with van der Waals surface area (Å²) in [5.74, 6) is -1.56. The number of esters is 1. The summed E-state index contributed by atoms with van der Waals surface area (Å²) in [6, 6.07) is 0. The zero-order chi connectivity index (χ0) is 34.8. The van der Waals surface area contributed by atoms with Gasteiger partial charge >= 0.3 is 5.97 Å². The maximum atomic E-state index is 12.9. The summed E-state index contributed by atoms with van der Waals surface area (Å²) >= 11 is 0. The minimum atomic E-state index is -1.80. The van der Waals surface area contributed by atoms with E-state index in [2.05, 4.69) is 34.6 Å². The quantitative estimate of drug-likeness (QED) is 0.220. The van der Waals surface area contributed by atoms with Crippen LogP contribution in [0.2, 0.25) is 0 Å². The molecule has 0 aromatic carbocycles. The summed E-state index contributed by atoms with van der Waals surface area (Å²) in [7, 11) is 0. The van der Waals surface area contributed by atoms with Gasteiger partial charge < -0.3 is 49.2 Å². The molecule has 11 nitrogen and oxygen atoms in total. The van der Waals surface area contributed by atoms with Crippen molar-refractivity contribution in [3.63, 3.8) is 0 Å². The number of hydrogen-bond acceptors (Lipinski definition) is 11. The molecule has 18 atom stereocenters. The highest BCUT2D eigenvalue weighted by molar-refractivity contribution is 5.66. The van der Waals surface area contributed by atoms with Crippen molar-refractivity contribution in [2.45, 2.75) is 167 Å². The van der Waals surface area contributed by atoms with Gasteiger partial charge in [0.05, 0.1) is 24.4 Å². The van der Waals surface area contributed by atoms with E-state index in [1.807, 2.05) is 0 Å². The molecule has 5 saturated carbocycles. The predicted octanol–water partition coefficient (Wildman–Crippen LogP) is 2.66. The summed E-state index contributed by atoms with van der Waals surface area (Å²) < 4.78 is 31.6. The lowest BCUT2D eigenvalue weighted by molar-refractivity contribution is -0.330. The molecule has 5 aliphatic carbocycles. The summed E-state index contributed by atoms with van der Waals surface area (Å²) in [5, 5.41) is 54.1. The molecule has 3 aliphatic heterocycles. The smallest absolute Gasteiger partial charge is 0.302 e. The Morgan fingerprint density at radius 2 is 1.54 bits per heavy atom. The van der Waals surface area contributed by atoms with Crippen LogP contribution in [-0.2, 0) is 28.5 Å². The first-order valence-corrected chi connectivity index (χ1v) is 18.5. The molecule has 48 heavy (non-hydrogen) atoms. The molecule has 8 fully saturated rings. The van der Waals surface area contributed by atoms with E-state index in [0.717, 1.165) is 38.5 Å². The number of hydrogen-bond donors (Lipinski definition) is 5. The minimum Gasteiger partial charge on any atom is -0.462 e. The molecule has 272 valence electrons. The first-order valence-electron chi connectivity index (χ1n) is 18.5. The van der Waals surface area contributed by atoms with E-state index in [1.165, 1.54) is 6.92 Å². The van der Waals surface area contributed by atoms with Gasteiger partial charge in [-0.3, -0.25) is 4.79 Å². The maximum absolute atomic E-state index is 12.9. The third-order valence-electron chi connectivity index (χ3n) is 16.4. The highest BCUT2D eigenvalue weighted by atomic mass is 16.7. The Balaban J connectivity index is 1.12. The van der Waals surface area contributed by atoms with E-state index < -0.39 is 53.6 Å². The van der Waals surface area contributed by atoms with Gasteiger partial charge in [0, 0.05) is 12.3 Å². The zero-order valence-electron chi connectivity index (χ0n) is 29.8. The Hall–Kier alpha value is -0.890. The first kappa shape index (κ1) is 34.2. The molecule has 11 heteroatoms. The van der Waals surface area contributed by atoms with Crippen LogP contribution in [0.5, 0.6) is 0 Å². The summed E-state index contributed by atoms with van der Waals surface area (Å²) in [4.78, 5) is 12.9. The second-order valence-corrected chi connectivity index (χ2v) is 19.0. The van der Waals surface area contributed by atoms with Crippen molar-refractivity contribution >= 4 is 5.97 Å². The lowest BCUT2D eigenvalue weighted by Crippen LogP contribution is -2.66. The molecular formula is C37H58O11. The third kappa shape index (κ3) is 3.95. The van der Waals surface area contributed by atoms with E-state index in [4.69, 9.17) is 23.7 Å². The van der Waals surface area contributed by atoms with E-state index in [0.29, 0.717) is 18.3 Å². The Morgan fingerprint density at radius 1 is 0.854 bits per heavy atom. The molecule has 0 bridgehead atoms. The SMILES string of the molecule is CC(=O)O[C@@H]1C[C@@]23C[C@@]24CC[C@H](O[C@@H]2OC[C@@H](O)[C@H](O)[C@H]2O)C(C)(C)C4CCC3[C@]2(C)C[C@@H]3O[C@@]4(O)C(OC(C)(C)[C@H]4O)[C@@H](C)[C@@H]3[C@@]12C. The molecule has 0 aromatic heterocycles. The average Bonchev–Trinajstić information content (AvgIpc) is 3.52. The highest BCUT2D eigenvalue weighted by Gasteiger charge is 2.86. The molecule has 0 aromatic rings. The van der Waals surface area contributed by atoms with Gasteiger partial charge in [-0.2, -0.15) is 0 Å². The number of carbonyl (C=O) groups is 1. The summed E-state index contributed by atoms with van der Waals surface area (Å²) in [6.07, 6.45) is -1.19. The van der Waals surface area contributed by atoms with Crippen LogP contribution in [-0.4, -0.2) is 105 Å². The van der Waals surface area contributed by atoms with Gasteiger partial charge in [0.1, 0.15) is 36.6 Å². The number of ether oxygens (including phenoxy) is 5. The number of rotatable bonds is 3. The van der Waals surface area contributed by atoms with Crippen LogP contribution in [0.25, 0.3) is 0 Å². The van der Waals surface area contributed by atoms with Crippen molar-refractivity contribution in [1.29, 1.82) is 0 Å². The average molecular weight is 679 g/mol. The lowest BCUT2D eigenvalue weighted by atomic mass is 9.41. The van der Waals surface area contributed by atoms with Gasteiger partial charge in [0.2, 0.25) is 5.79 Å². The molecule has 3 heterocycles. The largest absolute Gasteiger partial charge is 0.462 e. The Kier molecular flexibility index (Phi) is 7.24. The number of carbonyl (C=O) groups excluding carboxylic acids is 1. The summed E-state index contributed by atoms with van der Waals surface area (Å²) in [6.45, 7) is 16.3. The fourth-order valence-corrected chi connectivity index (χ4v) is 14.3. The van der Waals surface area contributed by atoms with E-state index in [-0.39, 0.29) is 64.4 Å². The van der Waals surface area contributed by atoms with Gasteiger partial charge in [-0.15, -0.1) is 0 Å². The van der Waals surface area contributed by atoms with Crippen LogP contribution in [0.4, 0.5) is 0 Å². The van der Waals surface area contributed by atoms with Crippen molar-refractivity contribution in [2.24, 2.45) is 50.7 Å². The van der Waals surface area contributed by atoms with E-state index >= 15 is 0 Å². The van der Waals surface area contributed by atoms with Crippen LogP contribution < -0.4 is 0 Å². The van der Waals surface area contributed by atoms with Crippen molar-refractivity contribution in [3.8, 4) is 0 Å². The van der Waals surface area contributed by atoms with E-state index in [1.54, 1.807) is 13.8 Å². The van der Waals surface area contributed by atoms with Gasteiger partial charge in [0.25, 0.3) is 0 Å². The molecule has 5 N–H and O–H groups in total. The normalized spacial score (nSPS) is 60.4. The Labute approximate surface area is 284 Å². The maximum Gasteiger partial charge on any atom is 0.302 e. The van der Waals surface area contributed by atoms with Gasteiger partial charge in [-0.1, -0.05) is 34.6 Å². The number of aliphatic hydroxyl groups is 5. The molecule has 3 saturated heterocycles. The lowest BCUT2D eigenvalue weighted by Gasteiger charge is -2.65. The monoisotopic (exact) mass is 678 g/mol. The molecule has 3 unspecified atom stereocenters. The Bertz CT molecular complexity index is 1350. The van der Waals surface area contributed by atoms with Crippen molar-refractivity contribution in [3.05, 3.63) is 0 Å². The second-order valence-electron chi connectivity index (χ2n) is 19.0. The predicted molar refractivity (Wildman–Crippen MR) is 170 cm³/mol. The van der Waals surface area contributed by atoms with Gasteiger partial charge in [-0.05, 0) is 104 Å². The Morgan fingerprint density at radius 3 is 2.23 bits per heavy atom. The second kappa shape index (κ2) is 10.2. The molecule has 0 radical (unpaired) electrons. The van der Waals surface area contributed by atoms with Crippen molar-refractivity contribution in [2.75, 3.05) is 6.61 Å². The fourth-order valence-electron chi connectivity index (χ4n) is 14.3. The van der Waals surface area contributed by atoms with Crippen LogP contribution in [0, 0.1) is 50.7 Å². The van der Waals surface area contributed by atoms with Crippen LogP contribution in [0.15, 0.2) is 0 Å². The third-order valence-corrected chi connectivity index (χ3v) is 16.4. The topological polar surface area (TPSA) is 164 Å². The molecule has 8 aliphatic rings. The highest BCUT2D eigenvalue weighted by Crippen LogP contribution is 2.89. The van der Waals surface area contributed by atoms with Gasteiger partial charge in [-0.25, -0.2) is 0 Å². The minimum absolute atomic E-state index is 0.0187. The molecule has 2 spiro atoms. The number of fused-ring (bicyclic) bond motifs is 5.